The molecule has 0 saturated carbocycles. The number of nitrogens with one attached hydrogen (secondary N) is 2. The maximum atomic E-state index is 5.99. The third kappa shape index (κ3) is 7.05. The Morgan fingerprint density at radius 1 is 1.06 bits per heavy atom. The molecule has 2 N–H and O–H groups in total. The summed E-state index contributed by atoms with van der Waals surface area (Å²) in [6.45, 7) is 5.50. The maximum Gasteiger partial charge on any atom is 0.191 e. The summed E-state index contributed by atoms with van der Waals surface area (Å²) >= 11 is 0. The van der Waals surface area contributed by atoms with Crippen molar-refractivity contribution in [3.05, 3.63) is 48.2 Å². The molecule has 2 aromatic rings. The lowest BCUT2D eigenvalue weighted by Gasteiger charge is -2.21. The first-order valence-electron chi connectivity index (χ1n) is 11.1. The Bertz CT molecular complexity index is 817. The molecule has 7 nitrogen and oxygen atoms in total. The van der Waals surface area contributed by atoms with Crippen molar-refractivity contribution in [3.8, 4) is 11.5 Å². The van der Waals surface area contributed by atoms with Gasteiger partial charge in [-0.25, -0.2) is 4.98 Å². The van der Waals surface area contributed by atoms with Crippen LogP contribution in [0.1, 0.15) is 38.2 Å². The minimum atomic E-state index is -0.0515. The van der Waals surface area contributed by atoms with Crippen molar-refractivity contribution in [1.82, 2.24) is 15.6 Å². The SMILES string of the molecule is CN=C(NCc1ccc(N2CCCCCC2)nc1)NCC(C)Oc1ccccc1OC. The van der Waals surface area contributed by atoms with Gasteiger partial charge in [0.2, 0.25) is 0 Å². The normalized spacial score (nSPS) is 15.7. The number of hydrogen-bond acceptors (Lipinski definition) is 5. The Morgan fingerprint density at radius 2 is 1.81 bits per heavy atom. The molecule has 1 aliphatic heterocycles. The summed E-state index contributed by atoms with van der Waals surface area (Å²) in [7, 11) is 3.41. The lowest BCUT2D eigenvalue weighted by molar-refractivity contribution is 0.213. The quantitative estimate of drug-likeness (QED) is 0.497. The molecule has 31 heavy (non-hydrogen) atoms. The molecule has 7 heteroatoms. The van der Waals surface area contributed by atoms with Gasteiger partial charge in [0.1, 0.15) is 11.9 Å². The summed E-state index contributed by atoms with van der Waals surface area (Å²) in [4.78, 5) is 11.4. The predicted molar refractivity (Wildman–Crippen MR) is 126 cm³/mol. The standard InChI is InChI=1S/C24H35N5O2/c1-19(31-22-11-7-6-10-21(22)30-3)16-27-24(25-2)28-18-20-12-13-23(26-17-20)29-14-8-4-5-9-15-29/h6-7,10-13,17,19H,4-5,8-9,14-16,18H2,1-3H3,(H2,25,27,28). The van der Waals surface area contributed by atoms with Crippen molar-refractivity contribution in [2.75, 3.05) is 38.7 Å². The zero-order valence-corrected chi connectivity index (χ0v) is 18.9. The molecule has 1 atom stereocenters. The Balaban J connectivity index is 1.44. The zero-order chi connectivity index (χ0) is 21.9. The average Bonchev–Trinajstić information content (AvgIpc) is 3.09. The van der Waals surface area contributed by atoms with Crippen LogP contribution in [0.25, 0.3) is 0 Å². The number of hydrogen-bond donors (Lipinski definition) is 2. The van der Waals surface area contributed by atoms with Gasteiger partial charge >= 0.3 is 0 Å². The second-order valence-corrected chi connectivity index (χ2v) is 7.81. The summed E-state index contributed by atoms with van der Waals surface area (Å²) in [5.74, 6) is 3.27. The van der Waals surface area contributed by atoms with Crippen LogP contribution in [0.4, 0.5) is 5.82 Å². The molecule has 168 valence electrons. The molecule has 1 aromatic carbocycles. The average molecular weight is 426 g/mol. The van der Waals surface area contributed by atoms with E-state index in [2.05, 4.69) is 37.6 Å². The minimum absolute atomic E-state index is 0.0515. The molecular weight excluding hydrogens is 390 g/mol. The van der Waals surface area contributed by atoms with E-state index in [-0.39, 0.29) is 6.10 Å². The monoisotopic (exact) mass is 425 g/mol. The van der Waals surface area contributed by atoms with E-state index < -0.39 is 0 Å². The molecule has 0 bridgehead atoms. The molecule has 1 saturated heterocycles. The summed E-state index contributed by atoms with van der Waals surface area (Å²) < 4.78 is 11.3. The molecule has 1 fully saturated rings. The van der Waals surface area contributed by atoms with Crippen molar-refractivity contribution in [1.29, 1.82) is 0 Å². The van der Waals surface area contributed by atoms with Crippen LogP contribution < -0.4 is 25.0 Å². The molecule has 1 aliphatic rings. The third-order valence-corrected chi connectivity index (χ3v) is 5.38. The number of pyridine rings is 1. The molecule has 1 unspecified atom stereocenters. The van der Waals surface area contributed by atoms with Crippen molar-refractivity contribution in [3.63, 3.8) is 0 Å². The molecule has 3 rings (SSSR count). The number of anilines is 1. The number of benzene rings is 1. The fourth-order valence-electron chi connectivity index (χ4n) is 3.63. The van der Waals surface area contributed by atoms with E-state index in [9.17, 15) is 0 Å². The van der Waals surface area contributed by atoms with Crippen LogP contribution in [0.15, 0.2) is 47.6 Å². The van der Waals surface area contributed by atoms with Crippen LogP contribution >= 0.6 is 0 Å². The van der Waals surface area contributed by atoms with Crippen LogP contribution in [0.2, 0.25) is 0 Å². The summed E-state index contributed by atoms with van der Waals surface area (Å²) in [5.41, 5.74) is 1.12. The highest BCUT2D eigenvalue weighted by molar-refractivity contribution is 5.79. The Kier molecular flexibility index (Phi) is 8.82. The van der Waals surface area contributed by atoms with Gasteiger partial charge in [0, 0.05) is 32.9 Å². The first-order valence-corrected chi connectivity index (χ1v) is 11.1. The van der Waals surface area contributed by atoms with Crippen LogP contribution in [0.5, 0.6) is 11.5 Å². The van der Waals surface area contributed by atoms with Crippen molar-refractivity contribution >= 4 is 11.8 Å². The number of aromatic nitrogens is 1. The predicted octanol–water partition coefficient (Wildman–Crippen LogP) is 3.60. The Hall–Kier alpha value is -2.96. The largest absolute Gasteiger partial charge is 0.493 e. The number of aliphatic imine (C=N–C) groups is 1. The third-order valence-electron chi connectivity index (χ3n) is 5.38. The van der Waals surface area contributed by atoms with Gasteiger partial charge in [-0.15, -0.1) is 0 Å². The van der Waals surface area contributed by atoms with Gasteiger partial charge in [-0.1, -0.05) is 31.0 Å². The van der Waals surface area contributed by atoms with Crippen LogP contribution in [-0.2, 0) is 6.54 Å². The zero-order valence-electron chi connectivity index (χ0n) is 18.9. The molecule has 0 radical (unpaired) electrons. The highest BCUT2D eigenvalue weighted by Crippen LogP contribution is 2.26. The van der Waals surface area contributed by atoms with Crippen molar-refractivity contribution < 1.29 is 9.47 Å². The second kappa shape index (κ2) is 12.0. The fourth-order valence-corrected chi connectivity index (χ4v) is 3.63. The molecule has 0 amide bonds. The lowest BCUT2D eigenvalue weighted by atomic mass is 10.2. The van der Waals surface area contributed by atoms with E-state index in [0.29, 0.717) is 13.1 Å². The van der Waals surface area contributed by atoms with Gasteiger partial charge < -0.3 is 25.0 Å². The van der Waals surface area contributed by atoms with Gasteiger partial charge in [-0.3, -0.25) is 4.99 Å². The highest BCUT2D eigenvalue weighted by Gasteiger charge is 2.12. The minimum Gasteiger partial charge on any atom is -0.493 e. The smallest absolute Gasteiger partial charge is 0.191 e. The van der Waals surface area contributed by atoms with E-state index >= 15 is 0 Å². The second-order valence-electron chi connectivity index (χ2n) is 7.81. The first-order chi connectivity index (χ1) is 15.2. The molecule has 2 heterocycles. The Labute approximate surface area is 185 Å². The van der Waals surface area contributed by atoms with Crippen LogP contribution in [0.3, 0.4) is 0 Å². The molecular formula is C24H35N5O2. The topological polar surface area (TPSA) is 71.0 Å². The number of ether oxygens (including phenoxy) is 2. The van der Waals surface area contributed by atoms with E-state index in [1.807, 2.05) is 37.4 Å². The lowest BCUT2D eigenvalue weighted by Crippen LogP contribution is -2.41. The van der Waals surface area contributed by atoms with E-state index in [4.69, 9.17) is 9.47 Å². The number of guanidine groups is 1. The van der Waals surface area contributed by atoms with Gasteiger partial charge in [-0.2, -0.15) is 0 Å². The Morgan fingerprint density at radius 3 is 2.45 bits per heavy atom. The van der Waals surface area contributed by atoms with E-state index in [1.165, 1.54) is 25.7 Å². The van der Waals surface area contributed by atoms with Crippen LogP contribution in [0, 0.1) is 0 Å². The molecule has 0 aliphatic carbocycles. The highest BCUT2D eigenvalue weighted by atomic mass is 16.5. The first kappa shape index (κ1) is 22.7. The van der Waals surface area contributed by atoms with Crippen molar-refractivity contribution in [2.45, 2.75) is 45.3 Å². The van der Waals surface area contributed by atoms with E-state index in [1.54, 1.807) is 14.2 Å². The van der Waals surface area contributed by atoms with Gasteiger partial charge in [-0.05, 0) is 43.5 Å². The summed E-state index contributed by atoms with van der Waals surface area (Å²) in [6.07, 6.45) is 7.07. The fraction of sp³-hybridized carbons (Fsp3) is 0.500. The number of rotatable bonds is 8. The molecule has 1 aromatic heterocycles. The maximum absolute atomic E-state index is 5.99. The van der Waals surface area contributed by atoms with Gasteiger partial charge in [0.15, 0.2) is 17.5 Å². The van der Waals surface area contributed by atoms with Gasteiger partial charge in [0.25, 0.3) is 0 Å². The summed E-state index contributed by atoms with van der Waals surface area (Å²) in [5, 5.41) is 6.65. The van der Waals surface area contributed by atoms with E-state index in [0.717, 1.165) is 41.9 Å². The van der Waals surface area contributed by atoms with Crippen LogP contribution in [-0.4, -0.2) is 50.8 Å². The number of para-hydroxylation sites is 2. The van der Waals surface area contributed by atoms with Crippen molar-refractivity contribution in [2.24, 2.45) is 4.99 Å². The number of nitrogens with zero attached hydrogens (tertiary/aromatic N) is 3. The summed E-state index contributed by atoms with van der Waals surface area (Å²) in [6, 6.07) is 11.9. The van der Waals surface area contributed by atoms with Gasteiger partial charge in [0.05, 0.1) is 13.7 Å². The number of methoxy groups -OCH3 is 1. The molecule has 0 spiro atoms.